The largest absolute Gasteiger partial charge is 0.385 e. The molecule has 2 heterocycles. The van der Waals surface area contributed by atoms with E-state index in [1.165, 1.54) is 12.0 Å². The third-order valence-corrected chi connectivity index (χ3v) is 4.26. The van der Waals surface area contributed by atoms with E-state index in [1.54, 1.807) is 0 Å². The first-order valence-corrected chi connectivity index (χ1v) is 7.57. The van der Waals surface area contributed by atoms with Crippen molar-refractivity contribution < 1.29 is 9.53 Å². The van der Waals surface area contributed by atoms with Crippen molar-refractivity contribution in [3.05, 3.63) is 23.8 Å². The molecule has 4 nitrogen and oxygen atoms in total. The Labute approximate surface area is 119 Å². The number of hydrogen-bond donors (Lipinski definition) is 2. The van der Waals surface area contributed by atoms with Crippen LogP contribution in [-0.2, 0) is 16.0 Å². The Balaban J connectivity index is 1.69. The molecule has 2 aliphatic heterocycles. The van der Waals surface area contributed by atoms with Gasteiger partial charge in [0.25, 0.3) is 0 Å². The minimum absolute atomic E-state index is 0.0102. The van der Waals surface area contributed by atoms with Crippen LogP contribution in [-0.4, -0.2) is 25.2 Å². The lowest BCUT2D eigenvalue weighted by atomic mass is 9.98. The number of rotatable bonds is 3. The van der Waals surface area contributed by atoms with E-state index in [-0.39, 0.29) is 17.9 Å². The summed E-state index contributed by atoms with van der Waals surface area (Å²) in [5.41, 5.74) is 3.37. The number of carbonyl (C=O) groups is 1. The number of carbonyl (C=O) groups excluding carboxylic acids is 1. The van der Waals surface area contributed by atoms with E-state index in [0.29, 0.717) is 6.61 Å². The molecule has 0 saturated carbocycles. The van der Waals surface area contributed by atoms with E-state index in [1.807, 2.05) is 12.1 Å². The molecule has 2 unspecified atom stereocenters. The predicted octanol–water partition coefficient (Wildman–Crippen LogP) is 2.80. The van der Waals surface area contributed by atoms with Gasteiger partial charge in [-0.3, -0.25) is 4.79 Å². The fourth-order valence-corrected chi connectivity index (χ4v) is 3.12. The van der Waals surface area contributed by atoms with Gasteiger partial charge < -0.3 is 15.4 Å². The van der Waals surface area contributed by atoms with Crippen LogP contribution in [0, 0.1) is 5.92 Å². The molecule has 0 spiro atoms. The van der Waals surface area contributed by atoms with Crippen molar-refractivity contribution in [2.75, 3.05) is 23.8 Å². The van der Waals surface area contributed by atoms with Gasteiger partial charge in [0.15, 0.2) is 0 Å². The third kappa shape index (κ3) is 2.66. The maximum atomic E-state index is 12.3. The maximum absolute atomic E-state index is 12.3. The van der Waals surface area contributed by atoms with Crippen molar-refractivity contribution in [1.82, 2.24) is 0 Å². The van der Waals surface area contributed by atoms with Gasteiger partial charge in [0.1, 0.15) is 0 Å². The van der Waals surface area contributed by atoms with Crippen LogP contribution >= 0.6 is 0 Å². The van der Waals surface area contributed by atoms with Crippen LogP contribution in [0.2, 0.25) is 0 Å². The molecule has 4 heteroatoms. The van der Waals surface area contributed by atoms with Crippen molar-refractivity contribution in [3.8, 4) is 0 Å². The Morgan fingerprint density at radius 3 is 3.25 bits per heavy atom. The third-order valence-electron chi connectivity index (χ3n) is 4.26. The van der Waals surface area contributed by atoms with Gasteiger partial charge in [0.05, 0.1) is 12.0 Å². The molecule has 0 bridgehead atoms. The van der Waals surface area contributed by atoms with Crippen LogP contribution in [0.25, 0.3) is 0 Å². The lowest BCUT2D eigenvalue weighted by molar-refractivity contribution is -0.121. The summed E-state index contributed by atoms with van der Waals surface area (Å²) in [5, 5.41) is 6.43. The topological polar surface area (TPSA) is 50.4 Å². The van der Waals surface area contributed by atoms with Crippen LogP contribution in [0.5, 0.6) is 0 Å². The molecule has 20 heavy (non-hydrogen) atoms. The number of hydrogen-bond acceptors (Lipinski definition) is 3. The molecule has 1 aromatic rings. The van der Waals surface area contributed by atoms with Crippen molar-refractivity contribution in [3.63, 3.8) is 0 Å². The van der Waals surface area contributed by atoms with Crippen molar-refractivity contribution >= 4 is 17.3 Å². The Hall–Kier alpha value is -1.55. The van der Waals surface area contributed by atoms with E-state index < -0.39 is 0 Å². The highest BCUT2D eigenvalue weighted by Gasteiger charge is 2.32. The van der Waals surface area contributed by atoms with Crippen molar-refractivity contribution in [1.29, 1.82) is 0 Å². The van der Waals surface area contributed by atoms with Crippen LogP contribution in [0.4, 0.5) is 11.4 Å². The summed E-state index contributed by atoms with van der Waals surface area (Å²) in [6, 6.07) is 6.16. The second-order valence-electron chi connectivity index (χ2n) is 5.60. The summed E-state index contributed by atoms with van der Waals surface area (Å²) in [5.74, 6) is 0.0779. The summed E-state index contributed by atoms with van der Waals surface area (Å²) in [6.07, 6.45) is 4.09. The lowest BCUT2D eigenvalue weighted by Crippen LogP contribution is -2.29. The Kier molecular flexibility index (Phi) is 3.92. The van der Waals surface area contributed by atoms with E-state index in [2.05, 4.69) is 23.6 Å². The fourth-order valence-electron chi connectivity index (χ4n) is 3.12. The van der Waals surface area contributed by atoms with E-state index in [0.717, 1.165) is 37.2 Å². The molecule has 3 rings (SSSR count). The molecule has 0 aliphatic carbocycles. The fraction of sp³-hybridized carbons (Fsp3) is 0.562. The molecule has 0 radical (unpaired) electrons. The monoisotopic (exact) mass is 274 g/mol. The lowest BCUT2D eigenvalue weighted by Gasteiger charge is -2.20. The summed E-state index contributed by atoms with van der Waals surface area (Å²) in [4.78, 5) is 12.3. The second kappa shape index (κ2) is 5.83. The molecule has 2 atom stereocenters. The number of ether oxygens (including phenoxy) is 1. The Bertz CT molecular complexity index is 501. The van der Waals surface area contributed by atoms with E-state index in [4.69, 9.17) is 4.74 Å². The van der Waals surface area contributed by atoms with Gasteiger partial charge in [-0.25, -0.2) is 0 Å². The first-order chi connectivity index (χ1) is 9.78. The van der Waals surface area contributed by atoms with Crippen LogP contribution < -0.4 is 10.6 Å². The number of benzene rings is 1. The molecular formula is C16H22N2O2. The standard InChI is InChI=1S/C16H22N2O2/c1-2-15-13(7-9-20-15)16(19)18-12-6-5-11-4-3-8-17-14(11)10-12/h5-6,10,13,15,17H,2-4,7-9H2,1H3,(H,18,19). The van der Waals surface area contributed by atoms with Crippen LogP contribution in [0.15, 0.2) is 18.2 Å². The molecule has 108 valence electrons. The Morgan fingerprint density at radius 1 is 1.50 bits per heavy atom. The van der Waals surface area contributed by atoms with Gasteiger partial charge in [-0.2, -0.15) is 0 Å². The molecular weight excluding hydrogens is 252 g/mol. The second-order valence-corrected chi connectivity index (χ2v) is 5.60. The zero-order valence-corrected chi connectivity index (χ0v) is 11.9. The van der Waals surface area contributed by atoms with E-state index in [9.17, 15) is 4.79 Å². The van der Waals surface area contributed by atoms with Crippen LogP contribution in [0.3, 0.4) is 0 Å². The number of fused-ring (bicyclic) bond motifs is 1. The Morgan fingerprint density at radius 2 is 2.40 bits per heavy atom. The van der Waals surface area contributed by atoms with Gasteiger partial charge in [0.2, 0.25) is 5.91 Å². The average molecular weight is 274 g/mol. The van der Waals surface area contributed by atoms with Crippen molar-refractivity contribution in [2.45, 2.75) is 38.7 Å². The smallest absolute Gasteiger partial charge is 0.230 e. The maximum Gasteiger partial charge on any atom is 0.230 e. The van der Waals surface area contributed by atoms with Gasteiger partial charge in [-0.1, -0.05) is 13.0 Å². The SMILES string of the molecule is CCC1OCCC1C(=O)Nc1ccc2c(c1)NCCC2. The molecule has 1 saturated heterocycles. The predicted molar refractivity (Wildman–Crippen MR) is 80.0 cm³/mol. The first kappa shape index (κ1) is 13.4. The van der Waals surface area contributed by atoms with E-state index >= 15 is 0 Å². The quantitative estimate of drug-likeness (QED) is 0.891. The minimum Gasteiger partial charge on any atom is -0.385 e. The van der Waals surface area contributed by atoms with Gasteiger partial charge >= 0.3 is 0 Å². The van der Waals surface area contributed by atoms with Gasteiger partial charge in [-0.05, 0) is 43.4 Å². The number of nitrogens with one attached hydrogen (secondary N) is 2. The van der Waals surface area contributed by atoms with Gasteiger partial charge in [0, 0.05) is 24.5 Å². The zero-order chi connectivity index (χ0) is 13.9. The zero-order valence-electron chi connectivity index (χ0n) is 11.9. The highest BCUT2D eigenvalue weighted by molar-refractivity contribution is 5.93. The minimum atomic E-state index is -0.0102. The van der Waals surface area contributed by atoms with Crippen LogP contribution in [0.1, 0.15) is 31.7 Å². The first-order valence-electron chi connectivity index (χ1n) is 7.57. The summed E-state index contributed by atoms with van der Waals surface area (Å²) in [7, 11) is 0. The van der Waals surface area contributed by atoms with Gasteiger partial charge in [-0.15, -0.1) is 0 Å². The highest BCUT2D eigenvalue weighted by atomic mass is 16.5. The number of amides is 1. The molecule has 0 aromatic heterocycles. The molecule has 1 amide bonds. The molecule has 1 aromatic carbocycles. The average Bonchev–Trinajstić information content (AvgIpc) is 2.95. The molecule has 2 N–H and O–H groups in total. The molecule has 1 fully saturated rings. The normalized spacial score (nSPS) is 24.9. The van der Waals surface area contributed by atoms with Crippen molar-refractivity contribution in [2.24, 2.45) is 5.92 Å². The number of anilines is 2. The highest BCUT2D eigenvalue weighted by Crippen LogP contribution is 2.28. The summed E-state index contributed by atoms with van der Waals surface area (Å²) in [6.45, 7) is 3.78. The summed E-state index contributed by atoms with van der Waals surface area (Å²) < 4.78 is 5.59. The molecule has 2 aliphatic rings. The summed E-state index contributed by atoms with van der Waals surface area (Å²) >= 11 is 0. The number of aryl methyl sites for hydroxylation is 1.